The zero-order valence-corrected chi connectivity index (χ0v) is 12.9. The maximum atomic E-state index is 5.46. The number of nitrogens with one attached hydrogen (secondary N) is 1. The van der Waals surface area contributed by atoms with E-state index >= 15 is 0 Å². The third-order valence-corrected chi connectivity index (χ3v) is 4.48. The first kappa shape index (κ1) is 15.5. The van der Waals surface area contributed by atoms with Gasteiger partial charge < -0.3 is 14.8 Å². The predicted molar refractivity (Wildman–Crippen MR) is 82.9 cm³/mol. The standard InChI is InChI=1S/C16H23NO2.ClH/c1-17-14(13-5-3-2-4-6-13)9-12-7-8-15-16(10-12)19-11-18-15;/h7-8,10,13-14,17H,2-6,9,11H2,1H3;1H. The number of hydrogen-bond donors (Lipinski definition) is 1. The van der Waals surface area contributed by atoms with Gasteiger partial charge in [-0.1, -0.05) is 25.3 Å². The monoisotopic (exact) mass is 297 g/mol. The van der Waals surface area contributed by atoms with Gasteiger partial charge >= 0.3 is 0 Å². The number of likely N-dealkylation sites (N-methyl/N-ethyl adjacent to an activating group) is 1. The van der Waals surface area contributed by atoms with Gasteiger partial charge in [0.15, 0.2) is 11.5 Å². The molecule has 1 saturated carbocycles. The summed E-state index contributed by atoms with van der Waals surface area (Å²) in [6, 6.07) is 6.92. The SMILES string of the molecule is CNC(Cc1ccc2c(c1)OCO2)C1CCCCC1.Cl. The minimum absolute atomic E-state index is 0. The summed E-state index contributed by atoms with van der Waals surface area (Å²) in [7, 11) is 2.09. The highest BCUT2D eigenvalue weighted by Gasteiger charge is 2.23. The largest absolute Gasteiger partial charge is 0.454 e. The van der Waals surface area contributed by atoms with Crippen molar-refractivity contribution in [1.29, 1.82) is 0 Å². The minimum atomic E-state index is 0. The van der Waals surface area contributed by atoms with Gasteiger partial charge in [-0.3, -0.25) is 0 Å². The topological polar surface area (TPSA) is 30.5 Å². The molecule has 1 heterocycles. The van der Waals surface area contributed by atoms with Crippen LogP contribution in [0.2, 0.25) is 0 Å². The molecule has 1 aliphatic carbocycles. The van der Waals surface area contributed by atoms with Crippen LogP contribution in [0.1, 0.15) is 37.7 Å². The second-order valence-corrected chi connectivity index (χ2v) is 5.68. The van der Waals surface area contributed by atoms with Crippen LogP contribution in [0.3, 0.4) is 0 Å². The molecule has 0 spiro atoms. The van der Waals surface area contributed by atoms with Crippen molar-refractivity contribution in [2.45, 2.75) is 44.6 Å². The van der Waals surface area contributed by atoms with Crippen LogP contribution in [-0.4, -0.2) is 19.9 Å². The van der Waals surface area contributed by atoms with Crippen molar-refractivity contribution in [3.05, 3.63) is 23.8 Å². The quantitative estimate of drug-likeness (QED) is 0.922. The highest BCUT2D eigenvalue weighted by atomic mass is 35.5. The van der Waals surface area contributed by atoms with Gasteiger partial charge in [0.05, 0.1) is 0 Å². The first-order chi connectivity index (χ1) is 9.36. The van der Waals surface area contributed by atoms with Crippen LogP contribution in [0.4, 0.5) is 0 Å². The molecule has 20 heavy (non-hydrogen) atoms. The molecule has 1 N–H and O–H groups in total. The third-order valence-electron chi connectivity index (χ3n) is 4.48. The van der Waals surface area contributed by atoms with Gasteiger partial charge in [-0.2, -0.15) is 0 Å². The van der Waals surface area contributed by atoms with Crippen LogP contribution in [0.5, 0.6) is 11.5 Å². The van der Waals surface area contributed by atoms with Crippen LogP contribution in [-0.2, 0) is 6.42 Å². The van der Waals surface area contributed by atoms with Gasteiger partial charge in [0.2, 0.25) is 6.79 Å². The van der Waals surface area contributed by atoms with E-state index in [0.717, 1.165) is 23.8 Å². The Morgan fingerprint density at radius 1 is 1.15 bits per heavy atom. The Morgan fingerprint density at radius 2 is 1.90 bits per heavy atom. The van der Waals surface area contributed by atoms with Crippen LogP contribution in [0.15, 0.2) is 18.2 Å². The first-order valence-corrected chi connectivity index (χ1v) is 7.42. The van der Waals surface area contributed by atoms with Crippen molar-refractivity contribution in [2.24, 2.45) is 5.92 Å². The number of benzene rings is 1. The Balaban J connectivity index is 0.00000147. The summed E-state index contributed by atoms with van der Waals surface area (Å²) in [6.07, 6.45) is 8.02. The van der Waals surface area contributed by atoms with Crippen molar-refractivity contribution in [3.8, 4) is 11.5 Å². The predicted octanol–water partition coefficient (Wildman–Crippen LogP) is 3.55. The first-order valence-electron chi connectivity index (χ1n) is 7.42. The molecule has 0 aromatic heterocycles. The Bertz CT molecular complexity index is 432. The van der Waals surface area contributed by atoms with Crippen molar-refractivity contribution >= 4 is 12.4 Å². The average Bonchev–Trinajstić information content (AvgIpc) is 2.93. The maximum absolute atomic E-state index is 5.46. The molecule has 3 rings (SSSR count). The molecule has 0 saturated heterocycles. The van der Waals surface area contributed by atoms with E-state index in [-0.39, 0.29) is 12.4 Å². The van der Waals surface area contributed by atoms with E-state index in [0.29, 0.717) is 12.8 Å². The number of hydrogen-bond acceptors (Lipinski definition) is 3. The Labute approximate surface area is 127 Å². The molecule has 1 fully saturated rings. The van der Waals surface area contributed by atoms with E-state index in [1.807, 2.05) is 6.07 Å². The summed E-state index contributed by atoms with van der Waals surface area (Å²) in [6.45, 7) is 0.358. The number of rotatable bonds is 4. The van der Waals surface area contributed by atoms with Crippen LogP contribution >= 0.6 is 12.4 Å². The van der Waals surface area contributed by atoms with Crippen molar-refractivity contribution in [1.82, 2.24) is 5.32 Å². The average molecular weight is 298 g/mol. The number of ether oxygens (including phenoxy) is 2. The molecule has 112 valence electrons. The van der Waals surface area contributed by atoms with Crippen molar-refractivity contribution in [2.75, 3.05) is 13.8 Å². The number of fused-ring (bicyclic) bond motifs is 1. The van der Waals surface area contributed by atoms with E-state index in [2.05, 4.69) is 24.5 Å². The maximum Gasteiger partial charge on any atom is 0.231 e. The molecule has 3 nitrogen and oxygen atoms in total. The van der Waals surface area contributed by atoms with Gasteiger partial charge in [-0.15, -0.1) is 12.4 Å². The number of halogens is 1. The molecule has 1 atom stereocenters. The van der Waals surface area contributed by atoms with Gasteiger partial charge in [0, 0.05) is 6.04 Å². The molecule has 0 radical (unpaired) electrons. The van der Waals surface area contributed by atoms with Crippen molar-refractivity contribution < 1.29 is 9.47 Å². The van der Waals surface area contributed by atoms with Gasteiger partial charge in [-0.25, -0.2) is 0 Å². The summed E-state index contributed by atoms with van der Waals surface area (Å²) < 4.78 is 10.8. The Hall–Kier alpha value is -0.930. The fraction of sp³-hybridized carbons (Fsp3) is 0.625. The zero-order chi connectivity index (χ0) is 13.1. The molecule has 1 aliphatic heterocycles. The molecule has 0 bridgehead atoms. The molecule has 0 amide bonds. The smallest absolute Gasteiger partial charge is 0.231 e. The molecule has 1 unspecified atom stereocenters. The normalized spacial score (nSPS) is 19.4. The summed E-state index contributed by atoms with van der Waals surface area (Å²) >= 11 is 0. The fourth-order valence-electron chi connectivity index (χ4n) is 3.36. The van der Waals surface area contributed by atoms with Crippen LogP contribution in [0, 0.1) is 5.92 Å². The summed E-state index contributed by atoms with van der Waals surface area (Å²) in [4.78, 5) is 0. The fourth-order valence-corrected chi connectivity index (χ4v) is 3.36. The zero-order valence-electron chi connectivity index (χ0n) is 12.1. The molecule has 2 aliphatic rings. The summed E-state index contributed by atoms with van der Waals surface area (Å²) in [5.74, 6) is 2.60. The van der Waals surface area contributed by atoms with Crippen LogP contribution < -0.4 is 14.8 Å². The Kier molecular flexibility index (Phi) is 5.55. The lowest BCUT2D eigenvalue weighted by Crippen LogP contribution is -2.36. The molecular formula is C16H24ClNO2. The van der Waals surface area contributed by atoms with Gasteiger partial charge in [0.1, 0.15) is 0 Å². The summed E-state index contributed by atoms with van der Waals surface area (Å²) in [5, 5.41) is 3.52. The lowest BCUT2D eigenvalue weighted by atomic mass is 9.81. The highest BCUT2D eigenvalue weighted by Crippen LogP contribution is 2.34. The second-order valence-electron chi connectivity index (χ2n) is 5.68. The highest BCUT2D eigenvalue weighted by molar-refractivity contribution is 5.85. The van der Waals surface area contributed by atoms with Crippen LogP contribution in [0.25, 0.3) is 0 Å². The minimum Gasteiger partial charge on any atom is -0.454 e. The van der Waals surface area contributed by atoms with E-state index in [1.165, 1.54) is 37.7 Å². The van der Waals surface area contributed by atoms with E-state index in [1.54, 1.807) is 0 Å². The van der Waals surface area contributed by atoms with E-state index < -0.39 is 0 Å². The lowest BCUT2D eigenvalue weighted by molar-refractivity contribution is 0.174. The van der Waals surface area contributed by atoms with Gasteiger partial charge in [-0.05, 0) is 49.9 Å². The third kappa shape index (κ3) is 3.39. The molecule has 4 heteroatoms. The second kappa shape index (κ2) is 7.19. The molecule has 1 aromatic carbocycles. The van der Waals surface area contributed by atoms with Gasteiger partial charge in [0.25, 0.3) is 0 Å². The molecule has 1 aromatic rings. The van der Waals surface area contributed by atoms with E-state index in [9.17, 15) is 0 Å². The molecular weight excluding hydrogens is 274 g/mol. The van der Waals surface area contributed by atoms with Crippen molar-refractivity contribution in [3.63, 3.8) is 0 Å². The lowest BCUT2D eigenvalue weighted by Gasteiger charge is -2.30. The Morgan fingerprint density at radius 3 is 2.65 bits per heavy atom. The summed E-state index contributed by atoms with van der Waals surface area (Å²) in [5.41, 5.74) is 1.34. The van der Waals surface area contributed by atoms with E-state index in [4.69, 9.17) is 9.47 Å².